The van der Waals surface area contributed by atoms with E-state index in [1.807, 2.05) is 6.08 Å². The number of allylic oxidation sites excluding steroid dienone is 1. The number of hydrogen-bond donors (Lipinski definition) is 2. The molecule has 0 spiro atoms. The number of carbonyl (C=O) groups is 1. The van der Waals surface area contributed by atoms with Gasteiger partial charge in [-0.1, -0.05) is 39.0 Å². The number of aromatic hydroxyl groups is 1. The fourth-order valence-electron chi connectivity index (χ4n) is 2.71. The lowest BCUT2D eigenvalue weighted by Crippen LogP contribution is -2.09. The predicted molar refractivity (Wildman–Crippen MR) is 105 cm³/mol. The minimum Gasteiger partial charge on any atom is -0.504 e. The Labute approximate surface area is 163 Å². The van der Waals surface area contributed by atoms with Crippen LogP contribution in [0.15, 0.2) is 39.7 Å². The summed E-state index contributed by atoms with van der Waals surface area (Å²) in [6.45, 7) is 1.66. The first-order valence-corrected chi connectivity index (χ1v) is 9.49. The second-order valence-electron chi connectivity index (χ2n) is 6.45. The molecule has 0 bridgehead atoms. The van der Waals surface area contributed by atoms with Gasteiger partial charge in [0, 0.05) is 6.07 Å². The largest absolute Gasteiger partial charge is 0.504 e. The Hall–Kier alpha value is -2.96. The Balaban J connectivity index is 1.97. The van der Waals surface area contributed by atoms with Crippen molar-refractivity contribution in [1.29, 1.82) is 0 Å². The first kappa shape index (κ1) is 21.3. The molecule has 0 saturated heterocycles. The maximum absolute atomic E-state index is 12.1. The lowest BCUT2D eigenvalue weighted by molar-refractivity contribution is -0.139. The number of fused-ring (bicyclic) bond motifs is 1. The topological polar surface area (TPSA) is 106 Å². The van der Waals surface area contributed by atoms with Crippen LogP contribution in [0.5, 0.6) is 17.2 Å². The van der Waals surface area contributed by atoms with E-state index in [1.54, 1.807) is 0 Å². The summed E-state index contributed by atoms with van der Waals surface area (Å²) in [7, 11) is 0. The van der Waals surface area contributed by atoms with Gasteiger partial charge in [-0.3, -0.25) is 0 Å². The average Bonchev–Trinajstić information content (AvgIpc) is 2.67. The molecule has 0 saturated carbocycles. The number of unbranched alkanes of at least 4 members (excludes halogenated alkanes) is 6. The lowest BCUT2D eigenvalue weighted by Gasteiger charge is -2.07. The second kappa shape index (κ2) is 11.0. The van der Waals surface area contributed by atoms with E-state index in [0.29, 0.717) is 0 Å². The van der Waals surface area contributed by atoms with Crippen molar-refractivity contribution in [2.75, 3.05) is 6.61 Å². The molecule has 152 valence electrons. The lowest BCUT2D eigenvalue weighted by atomic mass is 10.1. The Morgan fingerprint density at radius 2 is 1.93 bits per heavy atom. The molecule has 1 aromatic carbocycles. The summed E-state index contributed by atoms with van der Waals surface area (Å²) in [4.78, 5) is 22.6. The Bertz CT molecular complexity index is 867. The maximum Gasteiger partial charge on any atom is 0.383 e. The Kier molecular flexibility index (Phi) is 8.39. The normalized spacial score (nSPS) is 11.2. The molecule has 0 aliphatic rings. The standard InChI is InChI=1S/C21H26O7/c1-2-3-4-5-6-7-8-9-12-26-20-19(24)16-11-10-15(27-14-18(22)23)13-17(16)28-21(20)25/h9-13,24H,2-8,14H2,1H3,(H,22,23). The zero-order valence-electron chi connectivity index (χ0n) is 16.0. The van der Waals surface area contributed by atoms with Gasteiger partial charge < -0.3 is 24.1 Å². The minimum absolute atomic E-state index is 0.0776. The zero-order chi connectivity index (χ0) is 20.4. The van der Waals surface area contributed by atoms with Gasteiger partial charge in [0.25, 0.3) is 5.75 Å². The smallest absolute Gasteiger partial charge is 0.383 e. The molecule has 1 heterocycles. The predicted octanol–water partition coefficient (Wildman–Crippen LogP) is 4.61. The highest BCUT2D eigenvalue weighted by atomic mass is 16.5. The minimum atomic E-state index is -1.12. The van der Waals surface area contributed by atoms with Crippen LogP contribution in [-0.2, 0) is 4.79 Å². The molecular weight excluding hydrogens is 364 g/mol. The molecule has 0 fully saturated rings. The summed E-state index contributed by atoms with van der Waals surface area (Å²) >= 11 is 0. The number of carboxylic acid groups (broad SMARTS) is 1. The van der Waals surface area contributed by atoms with E-state index in [4.69, 9.17) is 19.0 Å². The van der Waals surface area contributed by atoms with Gasteiger partial charge in [0.2, 0.25) is 0 Å². The number of hydrogen-bond acceptors (Lipinski definition) is 6. The van der Waals surface area contributed by atoms with Crippen molar-refractivity contribution < 1.29 is 28.9 Å². The summed E-state index contributed by atoms with van der Waals surface area (Å²) < 4.78 is 15.5. The zero-order valence-corrected chi connectivity index (χ0v) is 16.0. The van der Waals surface area contributed by atoms with Crippen LogP contribution in [0.1, 0.15) is 51.9 Å². The number of benzene rings is 1. The van der Waals surface area contributed by atoms with Crippen LogP contribution in [0.4, 0.5) is 0 Å². The van der Waals surface area contributed by atoms with E-state index < -0.39 is 18.2 Å². The number of ether oxygens (including phenoxy) is 2. The van der Waals surface area contributed by atoms with Gasteiger partial charge in [-0.25, -0.2) is 9.59 Å². The van der Waals surface area contributed by atoms with Crippen molar-refractivity contribution in [2.24, 2.45) is 0 Å². The second-order valence-corrected chi connectivity index (χ2v) is 6.45. The molecule has 2 aromatic rings. The van der Waals surface area contributed by atoms with Crippen LogP contribution in [-0.4, -0.2) is 22.8 Å². The maximum atomic E-state index is 12.1. The van der Waals surface area contributed by atoms with Crippen molar-refractivity contribution in [3.63, 3.8) is 0 Å². The number of aliphatic carboxylic acids is 1. The van der Waals surface area contributed by atoms with Gasteiger partial charge >= 0.3 is 11.6 Å². The summed E-state index contributed by atoms with van der Waals surface area (Å²) in [5, 5.41) is 19.2. The highest BCUT2D eigenvalue weighted by molar-refractivity contribution is 5.86. The molecule has 7 nitrogen and oxygen atoms in total. The van der Waals surface area contributed by atoms with Gasteiger partial charge in [-0.05, 0) is 31.1 Å². The van der Waals surface area contributed by atoms with Crippen molar-refractivity contribution in [2.45, 2.75) is 51.9 Å². The summed E-state index contributed by atoms with van der Waals surface area (Å²) in [6.07, 6.45) is 11.2. The van der Waals surface area contributed by atoms with Crippen molar-refractivity contribution in [3.8, 4) is 17.2 Å². The highest BCUT2D eigenvalue weighted by Gasteiger charge is 2.15. The first-order valence-electron chi connectivity index (χ1n) is 9.49. The Morgan fingerprint density at radius 1 is 1.18 bits per heavy atom. The fourth-order valence-corrected chi connectivity index (χ4v) is 2.71. The fraction of sp³-hybridized carbons (Fsp3) is 0.429. The van der Waals surface area contributed by atoms with Gasteiger partial charge in [-0.2, -0.15) is 0 Å². The highest BCUT2D eigenvalue weighted by Crippen LogP contribution is 2.33. The SMILES string of the molecule is CCCCCCCCC=COc1c(O)c2ccc(OCC(=O)O)cc2oc1=O. The molecule has 0 unspecified atom stereocenters. The van der Waals surface area contributed by atoms with E-state index in [-0.39, 0.29) is 28.2 Å². The summed E-state index contributed by atoms with van der Waals surface area (Å²) in [5.41, 5.74) is -0.751. The molecule has 2 N–H and O–H groups in total. The molecule has 2 rings (SSSR count). The third-order valence-electron chi connectivity index (χ3n) is 4.18. The summed E-state index contributed by atoms with van der Waals surface area (Å²) in [6, 6.07) is 4.29. The van der Waals surface area contributed by atoms with E-state index in [1.165, 1.54) is 50.1 Å². The molecule has 0 aliphatic heterocycles. The van der Waals surface area contributed by atoms with Crippen molar-refractivity contribution in [1.82, 2.24) is 0 Å². The van der Waals surface area contributed by atoms with Crippen LogP contribution in [0, 0.1) is 0 Å². The molecule has 1 aromatic heterocycles. The molecule has 0 aliphatic carbocycles. The van der Waals surface area contributed by atoms with E-state index in [2.05, 4.69) is 6.92 Å². The molecule has 0 amide bonds. The van der Waals surface area contributed by atoms with Crippen LogP contribution < -0.4 is 15.1 Å². The molecule has 0 radical (unpaired) electrons. The van der Waals surface area contributed by atoms with Crippen LogP contribution in [0.25, 0.3) is 11.0 Å². The number of carboxylic acids is 1. The first-order chi connectivity index (χ1) is 13.5. The van der Waals surface area contributed by atoms with E-state index in [9.17, 15) is 14.7 Å². The van der Waals surface area contributed by atoms with Gasteiger partial charge in [0.15, 0.2) is 12.4 Å². The van der Waals surface area contributed by atoms with Gasteiger partial charge in [-0.15, -0.1) is 0 Å². The quantitative estimate of drug-likeness (QED) is 0.310. The molecular formula is C21H26O7. The molecule has 28 heavy (non-hydrogen) atoms. The van der Waals surface area contributed by atoms with Gasteiger partial charge in [0.05, 0.1) is 11.6 Å². The summed E-state index contributed by atoms with van der Waals surface area (Å²) in [5.74, 6) is -1.53. The van der Waals surface area contributed by atoms with E-state index in [0.717, 1.165) is 19.3 Å². The van der Waals surface area contributed by atoms with Crippen LogP contribution in [0.3, 0.4) is 0 Å². The van der Waals surface area contributed by atoms with E-state index >= 15 is 0 Å². The Morgan fingerprint density at radius 3 is 2.68 bits per heavy atom. The van der Waals surface area contributed by atoms with Crippen LogP contribution >= 0.6 is 0 Å². The van der Waals surface area contributed by atoms with Gasteiger partial charge in [0.1, 0.15) is 11.3 Å². The monoisotopic (exact) mass is 390 g/mol. The van der Waals surface area contributed by atoms with Crippen molar-refractivity contribution in [3.05, 3.63) is 41.0 Å². The van der Waals surface area contributed by atoms with Crippen LogP contribution in [0.2, 0.25) is 0 Å². The van der Waals surface area contributed by atoms with Crippen molar-refractivity contribution >= 4 is 16.9 Å². The third kappa shape index (κ3) is 6.33. The average molecular weight is 390 g/mol. The number of rotatable bonds is 12. The third-order valence-corrected chi connectivity index (χ3v) is 4.18. The molecule has 0 atom stereocenters. The molecule has 7 heteroatoms.